The van der Waals surface area contributed by atoms with E-state index in [4.69, 9.17) is 0 Å². The Bertz CT molecular complexity index is 196. The van der Waals surface area contributed by atoms with Gasteiger partial charge in [0.05, 0.1) is 7.11 Å². The summed E-state index contributed by atoms with van der Waals surface area (Å²) >= 11 is 0. The molecule has 0 saturated carbocycles. The molecule has 0 heterocycles. The van der Waals surface area contributed by atoms with Gasteiger partial charge in [0.25, 0.3) is 0 Å². The molecule has 0 aliphatic carbocycles. The van der Waals surface area contributed by atoms with Crippen LogP contribution in [0.15, 0.2) is 0 Å². The number of ether oxygens (including phenoxy) is 1. The summed E-state index contributed by atoms with van der Waals surface area (Å²) in [5, 5.41) is 10.5. The first-order chi connectivity index (χ1) is 5.97. The molecule has 0 rings (SSSR count). The first-order valence-corrected chi connectivity index (χ1v) is 4.17. The summed E-state index contributed by atoms with van der Waals surface area (Å²) in [4.78, 5) is 20.8. The van der Waals surface area contributed by atoms with E-state index in [9.17, 15) is 14.9 Å². The monoisotopic (exact) mass is 213 g/mol. The van der Waals surface area contributed by atoms with Crippen LogP contribution in [0.3, 0.4) is 0 Å². The van der Waals surface area contributed by atoms with E-state index in [2.05, 4.69) is 4.74 Å². The average Bonchev–Trinajstić information content (AvgIpc) is 2.02. The van der Waals surface area contributed by atoms with Crippen LogP contribution in [0.2, 0.25) is 0 Å². The van der Waals surface area contributed by atoms with Crippen LogP contribution in [0, 0.1) is 16.0 Å². The minimum atomic E-state index is -0.813. The second-order valence-corrected chi connectivity index (χ2v) is 3.35. The summed E-state index contributed by atoms with van der Waals surface area (Å²) in [5.74, 6) is -0.317. The van der Waals surface area contributed by atoms with Crippen molar-refractivity contribution >= 4 is 35.5 Å². The number of carbonyl (C=O) groups is 1. The van der Waals surface area contributed by atoms with Gasteiger partial charge < -0.3 is 4.74 Å². The fraction of sp³-hybridized carbons (Fsp3) is 0.875. The number of esters is 1. The van der Waals surface area contributed by atoms with E-state index in [1.165, 1.54) is 7.11 Å². The van der Waals surface area contributed by atoms with Crippen LogP contribution >= 0.6 is 0 Å². The van der Waals surface area contributed by atoms with Crippen molar-refractivity contribution in [1.82, 2.24) is 0 Å². The van der Waals surface area contributed by atoms with Crippen molar-refractivity contribution in [3.05, 3.63) is 10.1 Å². The summed E-state index contributed by atoms with van der Waals surface area (Å²) in [7, 11) is 1.23. The molecule has 0 aliphatic rings. The third-order valence-corrected chi connectivity index (χ3v) is 1.67. The van der Waals surface area contributed by atoms with Crippen LogP contribution in [0.1, 0.15) is 26.7 Å². The summed E-state index contributed by atoms with van der Waals surface area (Å²) < 4.78 is 4.37. The Balaban J connectivity index is 0. The van der Waals surface area contributed by atoms with E-state index in [0.29, 0.717) is 6.42 Å². The summed E-state index contributed by atoms with van der Waals surface area (Å²) in [6.45, 7) is 3.77. The Hall–Kier alpha value is -0.130. The molecule has 0 bridgehead atoms. The predicted octanol–water partition coefficient (Wildman–Crippen LogP) is 0.592. The van der Waals surface area contributed by atoms with Gasteiger partial charge >= 0.3 is 35.5 Å². The van der Waals surface area contributed by atoms with Crippen LogP contribution < -0.4 is 0 Å². The molecule has 0 aromatic heterocycles. The van der Waals surface area contributed by atoms with Gasteiger partial charge in [0.2, 0.25) is 6.04 Å². The molecule has 0 aliphatic heterocycles. The van der Waals surface area contributed by atoms with Crippen molar-refractivity contribution in [3.63, 3.8) is 0 Å². The van der Waals surface area contributed by atoms with E-state index >= 15 is 0 Å². The zero-order chi connectivity index (χ0) is 10.4. The third kappa shape index (κ3) is 7.29. The van der Waals surface area contributed by atoms with Crippen molar-refractivity contribution in [3.8, 4) is 0 Å². The van der Waals surface area contributed by atoms with Crippen molar-refractivity contribution in [2.75, 3.05) is 7.11 Å². The fourth-order valence-corrected chi connectivity index (χ4v) is 1.06. The molecule has 0 aromatic carbocycles. The molecule has 1 atom stereocenters. The van der Waals surface area contributed by atoms with Gasteiger partial charge in [-0.05, 0) is 5.92 Å². The van der Waals surface area contributed by atoms with Crippen LogP contribution in [0.5, 0.6) is 0 Å². The molecule has 0 fully saturated rings. The third-order valence-electron chi connectivity index (χ3n) is 1.67. The molecule has 0 unspecified atom stereocenters. The Morgan fingerprint density at radius 3 is 2.29 bits per heavy atom. The fourth-order valence-electron chi connectivity index (χ4n) is 1.06. The summed E-state index contributed by atoms with van der Waals surface area (Å²) in [6, 6.07) is -0.813. The maximum absolute atomic E-state index is 10.8. The first-order valence-electron chi connectivity index (χ1n) is 4.17. The second-order valence-electron chi connectivity index (χ2n) is 3.35. The first kappa shape index (κ1) is 16.3. The van der Waals surface area contributed by atoms with Gasteiger partial charge in [0.15, 0.2) is 0 Å². The van der Waals surface area contributed by atoms with E-state index in [1.54, 1.807) is 0 Å². The molecule has 0 radical (unpaired) electrons. The average molecular weight is 213 g/mol. The molecule has 0 aromatic rings. The second kappa shape index (κ2) is 8.20. The SMILES string of the molecule is COC(=O)C[C@@H](CC(C)C)[N+](=O)[O-].[NaH]. The van der Waals surface area contributed by atoms with Gasteiger partial charge in [-0.2, -0.15) is 0 Å². The number of hydrogen-bond donors (Lipinski definition) is 0. The summed E-state index contributed by atoms with van der Waals surface area (Å²) in [5.41, 5.74) is 0. The topological polar surface area (TPSA) is 69.4 Å². The van der Waals surface area contributed by atoms with Crippen LogP contribution in [-0.2, 0) is 9.53 Å². The maximum atomic E-state index is 10.8. The molecular weight excluding hydrogens is 197 g/mol. The number of rotatable bonds is 5. The van der Waals surface area contributed by atoms with Crippen molar-refractivity contribution in [1.29, 1.82) is 0 Å². The van der Waals surface area contributed by atoms with Crippen molar-refractivity contribution in [2.45, 2.75) is 32.7 Å². The molecule has 0 N–H and O–H groups in total. The zero-order valence-corrected chi connectivity index (χ0v) is 8.15. The van der Waals surface area contributed by atoms with Gasteiger partial charge in [-0.1, -0.05) is 13.8 Å². The van der Waals surface area contributed by atoms with Crippen LogP contribution in [-0.4, -0.2) is 53.6 Å². The minimum absolute atomic E-state index is 0. The predicted molar refractivity (Wildman–Crippen MR) is 54.0 cm³/mol. The van der Waals surface area contributed by atoms with E-state index in [-0.39, 0.29) is 41.9 Å². The molecule has 78 valence electrons. The Labute approximate surface area is 106 Å². The van der Waals surface area contributed by atoms with Crippen LogP contribution in [0.25, 0.3) is 0 Å². The van der Waals surface area contributed by atoms with Crippen LogP contribution in [0.4, 0.5) is 0 Å². The molecule has 0 spiro atoms. The molecule has 0 amide bonds. The zero-order valence-electron chi connectivity index (χ0n) is 8.15. The number of hydrogen-bond acceptors (Lipinski definition) is 4. The number of methoxy groups -OCH3 is 1. The van der Waals surface area contributed by atoms with E-state index in [1.807, 2.05) is 13.8 Å². The van der Waals surface area contributed by atoms with Gasteiger partial charge in [0, 0.05) is 11.3 Å². The standard InChI is InChI=1S/C8H15NO4.Na.H/c1-6(2)4-7(9(11)12)5-8(10)13-3;;/h6-7H,4-5H2,1-3H3;;/t7-;;/m1../s1. The molecule has 5 nitrogen and oxygen atoms in total. The Morgan fingerprint density at radius 2 is 2.00 bits per heavy atom. The van der Waals surface area contributed by atoms with E-state index in [0.717, 1.165) is 0 Å². The van der Waals surface area contributed by atoms with Gasteiger partial charge in [-0.15, -0.1) is 0 Å². The Kier molecular flexibility index (Phi) is 9.55. The van der Waals surface area contributed by atoms with E-state index < -0.39 is 16.9 Å². The normalized spacial score (nSPS) is 11.7. The van der Waals surface area contributed by atoms with Crippen molar-refractivity contribution < 1.29 is 14.5 Å². The summed E-state index contributed by atoms with van der Waals surface area (Å²) in [6.07, 6.45) is 0.268. The molecule has 6 heteroatoms. The number of carbonyl (C=O) groups excluding carboxylic acids is 1. The van der Waals surface area contributed by atoms with Gasteiger partial charge in [-0.3, -0.25) is 14.9 Å². The van der Waals surface area contributed by atoms with Crippen molar-refractivity contribution in [2.24, 2.45) is 5.92 Å². The Morgan fingerprint density at radius 1 is 1.50 bits per heavy atom. The number of nitro groups is 1. The molecule has 0 saturated heterocycles. The quantitative estimate of drug-likeness (QED) is 0.290. The number of nitrogens with zero attached hydrogens (tertiary/aromatic N) is 1. The van der Waals surface area contributed by atoms with Gasteiger partial charge in [-0.25, -0.2) is 0 Å². The molecular formula is C8H16NNaO4. The van der Waals surface area contributed by atoms with Gasteiger partial charge in [0.1, 0.15) is 6.42 Å². The molecule has 14 heavy (non-hydrogen) atoms.